The zero-order valence-electron chi connectivity index (χ0n) is 12.6. The molecule has 5 heteroatoms. The molecule has 1 N–H and O–H groups in total. The summed E-state index contributed by atoms with van der Waals surface area (Å²) in [4.78, 5) is 17.8. The lowest BCUT2D eigenvalue weighted by Crippen LogP contribution is -2.28. The van der Waals surface area contributed by atoms with E-state index in [9.17, 15) is 4.79 Å². The van der Waals surface area contributed by atoms with E-state index in [2.05, 4.69) is 10.3 Å². The van der Waals surface area contributed by atoms with Gasteiger partial charge in [0.25, 0.3) is 0 Å². The molecule has 3 rings (SSSR count). The largest absolute Gasteiger partial charge is 0.351 e. The van der Waals surface area contributed by atoms with Crippen LogP contribution in [0.15, 0.2) is 24.3 Å². The van der Waals surface area contributed by atoms with Crippen LogP contribution in [0.2, 0.25) is 5.02 Å². The van der Waals surface area contributed by atoms with Gasteiger partial charge in [0.1, 0.15) is 5.01 Å². The Labute approximate surface area is 139 Å². The van der Waals surface area contributed by atoms with Crippen molar-refractivity contribution in [3.05, 3.63) is 39.9 Å². The van der Waals surface area contributed by atoms with E-state index in [1.165, 1.54) is 12.8 Å². The molecule has 0 radical (unpaired) electrons. The van der Waals surface area contributed by atoms with Gasteiger partial charge in [0.15, 0.2) is 0 Å². The van der Waals surface area contributed by atoms with Crippen LogP contribution >= 0.6 is 22.9 Å². The molecule has 1 aliphatic carbocycles. The number of thiazole rings is 1. The third-order valence-corrected chi connectivity index (χ3v) is 5.67. The Kier molecular flexibility index (Phi) is 4.79. The van der Waals surface area contributed by atoms with Gasteiger partial charge >= 0.3 is 0 Å². The summed E-state index contributed by atoms with van der Waals surface area (Å²) < 4.78 is 0. The molecule has 1 fully saturated rings. The van der Waals surface area contributed by atoms with Gasteiger partial charge in [0.05, 0.1) is 17.3 Å². The van der Waals surface area contributed by atoms with E-state index >= 15 is 0 Å². The first kappa shape index (κ1) is 15.5. The summed E-state index contributed by atoms with van der Waals surface area (Å²) >= 11 is 7.83. The smallest absolute Gasteiger partial charge is 0.223 e. The Hall–Kier alpha value is -1.39. The fourth-order valence-corrected chi connectivity index (χ4v) is 4.16. The topological polar surface area (TPSA) is 42.0 Å². The molecule has 0 saturated heterocycles. The van der Waals surface area contributed by atoms with Crippen LogP contribution in [0, 0.1) is 12.8 Å². The summed E-state index contributed by atoms with van der Waals surface area (Å²) in [6, 6.07) is 7.71. The van der Waals surface area contributed by atoms with Crippen LogP contribution in [-0.2, 0) is 11.3 Å². The molecular weight excluding hydrogens is 316 g/mol. The number of amides is 1. The predicted molar refractivity (Wildman–Crippen MR) is 91.1 cm³/mol. The molecule has 1 aromatic heterocycles. The van der Waals surface area contributed by atoms with Gasteiger partial charge in [-0.3, -0.25) is 4.79 Å². The number of nitrogens with zero attached hydrogens (tertiary/aromatic N) is 1. The number of hydrogen-bond donors (Lipinski definition) is 1. The molecule has 116 valence electrons. The molecular formula is C17H19ClN2OS. The van der Waals surface area contributed by atoms with Crippen LogP contribution in [0.3, 0.4) is 0 Å². The van der Waals surface area contributed by atoms with Gasteiger partial charge in [-0.25, -0.2) is 4.98 Å². The number of aryl methyl sites for hydroxylation is 1. The summed E-state index contributed by atoms with van der Waals surface area (Å²) in [6.07, 6.45) is 4.40. The average Bonchev–Trinajstić information content (AvgIpc) is 3.15. The van der Waals surface area contributed by atoms with E-state index in [-0.39, 0.29) is 11.8 Å². The van der Waals surface area contributed by atoms with Crippen LogP contribution in [0.1, 0.15) is 36.3 Å². The lowest BCUT2D eigenvalue weighted by Gasteiger charge is -2.09. The Morgan fingerprint density at radius 1 is 1.36 bits per heavy atom. The van der Waals surface area contributed by atoms with Crippen LogP contribution in [0.5, 0.6) is 0 Å². The minimum absolute atomic E-state index is 0.185. The third-order valence-electron chi connectivity index (χ3n) is 4.15. The predicted octanol–water partition coefficient (Wildman–Crippen LogP) is 4.58. The van der Waals surface area contributed by atoms with Crippen molar-refractivity contribution in [2.24, 2.45) is 5.92 Å². The lowest BCUT2D eigenvalue weighted by molar-refractivity contribution is -0.124. The molecule has 1 heterocycles. The monoisotopic (exact) mass is 334 g/mol. The molecule has 22 heavy (non-hydrogen) atoms. The standard InChI is InChI=1S/C17H19ClN2OS/c1-11-15(10-19-16(21)12-6-2-3-7-12)22-17(20-11)13-8-4-5-9-14(13)18/h4-5,8-9,12H,2-3,6-7,10H2,1H3,(H,19,21). The first-order chi connectivity index (χ1) is 10.6. The van der Waals surface area contributed by atoms with Crippen molar-refractivity contribution in [1.82, 2.24) is 10.3 Å². The normalized spacial score (nSPS) is 15.2. The number of rotatable bonds is 4. The maximum Gasteiger partial charge on any atom is 0.223 e. The maximum atomic E-state index is 12.1. The van der Waals surface area contributed by atoms with Crippen molar-refractivity contribution in [3.8, 4) is 10.6 Å². The van der Waals surface area contributed by atoms with Gasteiger partial charge in [-0.2, -0.15) is 0 Å². The van der Waals surface area contributed by atoms with Crippen molar-refractivity contribution in [1.29, 1.82) is 0 Å². The highest BCUT2D eigenvalue weighted by atomic mass is 35.5. The molecule has 1 aliphatic rings. The van der Waals surface area contributed by atoms with Crippen molar-refractivity contribution < 1.29 is 4.79 Å². The van der Waals surface area contributed by atoms with Crippen molar-refractivity contribution in [2.45, 2.75) is 39.2 Å². The van der Waals surface area contributed by atoms with E-state index in [0.717, 1.165) is 34.0 Å². The summed E-state index contributed by atoms with van der Waals surface area (Å²) in [7, 11) is 0. The number of carbonyl (C=O) groups is 1. The Morgan fingerprint density at radius 3 is 2.82 bits per heavy atom. The number of carbonyl (C=O) groups excluding carboxylic acids is 1. The molecule has 0 atom stereocenters. The molecule has 0 bridgehead atoms. The maximum absolute atomic E-state index is 12.1. The third kappa shape index (κ3) is 3.33. The average molecular weight is 335 g/mol. The van der Waals surface area contributed by atoms with Crippen molar-refractivity contribution in [2.75, 3.05) is 0 Å². The minimum atomic E-state index is 0.185. The highest BCUT2D eigenvalue weighted by molar-refractivity contribution is 7.15. The number of hydrogen-bond acceptors (Lipinski definition) is 3. The van der Waals surface area contributed by atoms with E-state index in [4.69, 9.17) is 11.6 Å². The van der Waals surface area contributed by atoms with Crippen LogP contribution in [-0.4, -0.2) is 10.9 Å². The molecule has 0 spiro atoms. The van der Waals surface area contributed by atoms with Crippen molar-refractivity contribution in [3.63, 3.8) is 0 Å². The van der Waals surface area contributed by atoms with Gasteiger partial charge < -0.3 is 5.32 Å². The number of aromatic nitrogens is 1. The van der Waals surface area contributed by atoms with Crippen LogP contribution in [0.25, 0.3) is 10.6 Å². The molecule has 1 aromatic carbocycles. The lowest BCUT2D eigenvalue weighted by atomic mass is 10.1. The molecule has 0 aliphatic heterocycles. The van der Waals surface area contributed by atoms with E-state index in [1.54, 1.807) is 11.3 Å². The van der Waals surface area contributed by atoms with Crippen LogP contribution in [0.4, 0.5) is 0 Å². The summed E-state index contributed by atoms with van der Waals surface area (Å²) in [5.41, 5.74) is 1.91. The summed E-state index contributed by atoms with van der Waals surface area (Å²) in [5, 5.41) is 4.68. The molecule has 2 aromatic rings. The number of halogens is 1. The Bertz CT molecular complexity index is 677. The fraction of sp³-hybridized carbons (Fsp3) is 0.412. The SMILES string of the molecule is Cc1nc(-c2ccccc2Cl)sc1CNC(=O)C1CCCC1. The second-order valence-electron chi connectivity index (χ2n) is 5.71. The minimum Gasteiger partial charge on any atom is -0.351 e. The highest BCUT2D eigenvalue weighted by Crippen LogP contribution is 2.32. The first-order valence-corrected chi connectivity index (χ1v) is 8.83. The van der Waals surface area contributed by atoms with E-state index in [0.29, 0.717) is 11.6 Å². The number of nitrogens with one attached hydrogen (secondary N) is 1. The first-order valence-electron chi connectivity index (χ1n) is 7.64. The van der Waals surface area contributed by atoms with Crippen molar-refractivity contribution >= 4 is 28.8 Å². The van der Waals surface area contributed by atoms with E-state index in [1.807, 2.05) is 31.2 Å². The summed E-state index contributed by atoms with van der Waals surface area (Å²) in [6.45, 7) is 2.54. The van der Waals surface area contributed by atoms with Gasteiger partial charge in [0.2, 0.25) is 5.91 Å². The molecule has 1 amide bonds. The second-order valence-corrected chi connectivity index (χ2v) is 7.20. The second kappa shape index (κ2) is 6.80. The fourth-order valence-electron chi connectivity index (χ4n) is 2.84. The Morgan fingerprint density at radius 2 is 2.09 bits per heavy atom. The van der Waals surface area contributed by atoms with Gasteiger partial charge in [-0.05, 0) is 25.8 Å². The zero-order chi connectivity index (χ0) is 15.5. The zero-order valence-corrected chi connectivity index (χ0v) is 14.1. The van der Waals surface area contributed by atoms with Gasteiger partial charge in [0, 0.05) is 16.4 Å². The van der Waals surface area contributed by atoms with Gasteiger partial charge in [-0.1, -0.05) is 42.6 Å². The Balaban J connectivity index is 1.70. The van der Waals surface area contributed by atoms with E-state index < -0.39 is 0 Å². The van der Waals surface area contributed by atoms with Gasteiger partial charge in [-0.15, -0.1) is 11.3 Å². The summed E-state index contributed by atoms with van der Waals surface area (Å²) in [5.74, 6) is 0.390. The quantitative estimate of drug-likeness (QED) is 0.889. The molecule has 1 saturated carbocycles. The number of benzene rings is 1. The molecule has 3 nitrogen and oxygen atoms in total. The molecule has 0 unspecified atom stereocenters. The highest BCUT2D eigenvalue weighted by Gasteiger charge is 2.22. The van der Waals surface area contributed by atoms with Crippen LogP contribution < -0.4 is 5.32 Å².